The van der Waals surface area contributed by atoms with Crippen LogP contribution in [0.3, 0.4) is 0 Å². The zero-order valence-corrected chi connectivity index (χ0v) is 14.5. The van der Waals surface area contributed by atoms with E-state index in [1.165, 1.54) is 0 Å². The molecule has 0 aliphatic carbocycles. The van der Waals surface area contributed by atoms with Gasteiger partial charge in [-0.05, 0) is 44.5 Å². The van der Waals surface area contributed by atoms with E-state index in [2.05, 4.69) is 20.3 Å². The van der Waals surface area contributed by atoms with Crippen molar-refractivity contribution in [1.29, 1.82) is 0 Å². The molecule has 1 amide bonds. The quantitative estimate of drug-likeness (QED) is 0.845. The Kier molecular flexibility index (Phi) is 5.48. The minimum absolute atomic E-state index is 0.0644. The number of amides is 1. The number of likely N-dealkylation sites (tertiary alicyclic amines) is 1. The Morgan fingerprint density at radius 3 is 2.75 bits per heavy atom. The SMILES string of the molecule is CCn1cc(NC(=O)C2CCN(Cc3ccc(Cl)nc3)CC2)cn1. The molecule has 6 nitrogen and oxygen atoms in total. The fourth-order valence-corrected chi connectivity index (χ4v) is 3.07. The van der Waals surface area contributed by atoms with Gasteiger partial charge in [0.15, 0.2) is 0 Å². The van der Waals surface area contributed by atoms with Crippen molar-refractivity contribution < 1.29 is 4.79 Å². The minimum Gasteiger partial charge on any atom is -0.323 e. The standard InChI is InChI=1S/C17H22ClN5O/c1-2-23-12-15(10-20-23)21-17(24)14-5-7-22(8-6-14)11-13-3-4-16(18)19-9-13/h3-4,9-10,12,14H,2,5-8,11H2,1H3,(H,21,24). The molecule has 0 bridgehead atoms. The summed E-state index contributed by atoms with van der Waals surface area (Å²) in [6.07, 6.45) is 7.11. The van der Waals surface area contributed by atoms with Gasteiger partial charge in [-0.25, -0.2) is 4.98 Å². The molecule has 1 saturated heterocycles. The molecule has 0 spiro atoms. The minimum atomic E-state index is 0.0644. The van der Waals surface area contributed by atoms with E-state index in [9.17, 15) is 4.79 Å². The summed E-state index contributed by atoms with van der Waals surface area (Å²) >= 11 is 5.81. The molecule has 1 aliphatic rings. The number of anilines is 1. The topological polar surface area (TPSA) is 63.1 Å². The molecule has 0 aromatic carbocycles. The van der Waals surface area contributed by atoms with Crippen molar-refractivity contribution in [2.75, 3.05) is 18.4 Å². The van der Waals surface area contributed by atoms with Crippen LogP contribution in [0.4, 0.5) is 5.69 Å². The molecule has 7 heteroatoms. The summed E-state index contributed by atoms with van der Waals surface area (Å²) in [6.45, 7) is 5.49. The molecule has 1 aliphatic heterocycles. The second-order valence-electron chi connectivity index (χ2n) is 6.11. The van der Waals surface area contributed by atoms with Gasteiger partial charge in [0, 0.05) is 31.4 Å². The molecule has 1 fully saturated rings. The van der Waals surface area contributed by atoms with Crippen molar-refractivity contribution >= 4 is 23.2 Å². The highest BCUT2D eigenvalue weighted by atomic mass is 35.5. The lowest BCUT2D eigenvalue weighted by Crippen LogP contribution is -2.37. The van der Waals surface area contributed by atoms with Crippen LogP contribution in [-0.2, 0) is 17.9 Å². The smallest absolute Gasteiger partial charge is 0.227 e. The number of aryl methyl sites for hydroxylation is 1. The summed E-state index contributed by atoms with van der Waals surface area (Å²) in [5, 5.41) is 7.66. The van der Waals surface area contributed by atoms with Crippen LogP contribution >= 0.6 is 11.6 Å². The zero-order valence-electron chi connectivity index (χ0n) is 13.8. The highest BCUT2D eigenvalue weighted by molar-refractivity contribution is 6.29. The highest BCUT2D eigenvalue weighted by Gasteiger charge is 2.25. The van der Waals surface area contributed by atoms with Crippen molar-refractivity contribution in [3.8, 4) is 0 Å². The third kappa shape index (κ3) is 4.33. The number of hydrogen-bond donors (Lipinski definition) is 1. The number of nitrogens with zero attached hydrogens (tertiary/aromatic N) is 4. The van der Waals surface area contributed by atoms with Crippen LogP contribution in [0.5, 0.6) is 0 Å². The summed E-state index contributed by atoms with van der Waals surface area (Å²) < 4.78 is 1.80. The Morgan fingerprint density at radius 1 is 1.33 bits per heavy atom. The van der Waals surface area contributed by atoms with Gasteiger partial charge in [-0.15, -0.1) is 0 Å². The number of hydrogen-bond acceptors (Lipinski definition) is 4. The van der Waals surface area contributed by atoms with E-state index in [-0.39, 0.29) is 11.8 Å². The third-order valence-electron chi connectivity index (χ3n) is 4.38. The first-order valence-electron chi connectivity index (χ1n) is 8.30. The second kappa shape index (κ2) is 7.77. The molecule has 1 N–H and O–H groups in total. The van der Waals surface area contributed by atoms with Gasteiger partial charge in [0.25, 0.3) is 0 Å². The van der Waals surface area contributed by atoms with Crippen molar-refractivity contribution in [1.82, 2.24) is 19.7 Å². The number of aromatic nitrogens is 3. The number of carbonyl (C=O) groups excluding carboxylic acids is 1. The lowest BCUT2D eigenvalue weighted by molar-refractivity contribution is -0.121. The molecule has 0 radical (unpaired) electrons. The molecule has 0 atom stereocenters. The first-order valence-corrected chi connectivity index (χ1v) is 8.68. The molecule has 0 unspecified atom stereocenters. The molecular formula is C17H22ClN5O. The summed E-state index contributed by atoms with van der Waals surface area (Å²) in [5.41, 5.74) is 1.92. The third-order valence-corrected chi connectivity index (χ3v) is 4.60. The predicted molar refractivity (Wildman–Crippen MR) is 93.8 cm³/mol. The molecule has 2 aromatic heterocycles. The molecular weight excluding hydrogens is 326 g/mol. The number of pyridine rings is 1. The van der Waals surface area contributed by atoms with Crippen molar-refractivity contribution in [3.63, 3.8) is 0 Å². The van der Waals surface area contributed by atoms with E-state index in [0.29, 0.717) is 5.15 Å². The summed E-state index contributed by atoms with van der Waals surface area (Å²) in [6, 6.07) is 3.81. The van der Waals surface area contributed by atoms with Gasteiger partial charge in [0.05, 0.1) is 11.9 Å². The Hall–Kier alpha value is -1.92. The molecule has 3 heterocycles. The average molecular weight is 348 g/mol. The number of rotatable bonds is 5. The van der Waals surface area contributed by atoms with E-state index >= 15 is 0 Å². The van der Waals surface area contributed by atoms with Crippen molar-refractivity contribution in [2.24, 2.45) is 5.92 Å². The monoisotopic (exact) mass is 347 g/mol. The molecule has 0 saturated carbocycles. The van der Waals surface area contributed by atoms with E-state index in [0.717, 1.165) is 50.3 Å². The normalized spacial score (nSPS) is 16.2. The summed E-state index contributed by atoms with van der Waals surface area (Å²) in [7, 11) is 0. The van der Waals surface area contributed by atoms with Gasteiger partial charge in [-0.1, -0.05) is 17.7 Å². The van der Waals surface area contributed by atoms with Gasteiger partial charge in [0.1, 0.15) is 5.15 Å². The van der Waals surface area contributed by atoms with E-state index < -0.39 is 0 Å². The van der Waals surface area contributed by atoms with Gasteiger partial charge in [-0.2, -0.15) is 5.10 Å². The number of piperidine rings is 1. The molecule has 2 aromatic rings. The van der Waals surface area contributed by atoms with E-state index in [1.807, 2.05) is 31.5 Å². The van der Waals surface area contributed by atoms with Crippen molar-refractivity contribution in [2.45, 2.75) is 32.9 Å². The number of nitrogens with one attached hydrogen (secondary N) is 1. The summed E-state index contributed by atoms with van der Waals surface area (Å²) in [4.78, 5) is 18.8. The van der Waals surface area contributed by atoms with Crippen LogP contribution in [0.2, 0.25) is 5.15 Å². The van der Waals surface area contributed by atoms with Crippen LogP contribution < -0.4 is 5.32 Å². The first kappa shape index (κ1) is 16.9. The maximum absolute atomic E-state index is 12.4. The van der Waals surface area contributed by atoms with E-state index in [4.69, 9.17) is 11.6 Å². The lowest BCUT2D eigenvalue weighted by Gasteiger charge is -2.31. The van der Waals surface area contributed by atoms with E-state index in [1.54, 1.807) is 10.9 Å². The van der Waals surface area contributed by atoms with Gasteiger partial charge in [0.2, 0.25) is 5.91 Å². The largest absolute Gasteiger partial charge is 0.323 e. The average Bonchev–Trinajstić information content (AvgIpc) is 3.05. The highest BCUT2D eigenvalue weighted by Crippen LogP contribution is 2.21. The Labute approximate surface area is 146 Å². The van der Waals surface area contributed by atoms with Crippen molar-refractivity contribution in [3.05, 3.63) is 41.4 Å². The maximum Gasteiger partial charge on any atom is 0.227 e. The van der Waals surface area contributed by atoms with Crippen LogP contribution in [-0.4, -0.2) is 38.7 Å². The van der Waals surface area contributed by atoms with Crippen LogP contribution in [0.15, 0.2) is 30.7 Å². The second-order valence-corrected chi connectivity index (χ2v) is 6.50. The lowest BCUT2D eigenvalue weighted by atomic mass is 9.95. The fourth-order valence-electron chi connectivity index (χ4n) is 2.96. The van der Waals surface area contributed by atoms with Crippen LogP contribution in [0.25, 0.3) is 0 Å². The first-order chi connectivity index (χ1) is 11.6. The van der Waals surface area contributed by atoms with Gasteiger partial charge < -0.3 is 5.32 Å². The number of carbonyl (C=O) groups is 1. The number of halogens is 1. The van der Waals surface area contributed by atoms with Gasteiger partial charge in [-0.3, -0.25) is 14.4 Å². The maximum atomic E-state index is 12.4. The molecule has 3 rings (SSSR count). The Bertz CT molecular complexity index is 677. The molecule has 24 heavy (non-hydrogen) atoms. The fraction of sp³-hybridized carbons (Fsp3) is 0.471. The van der Waals surface area contributed by atoms with Crippen LogP contribution in [0, 0.1) is 5.92 Å². The zero-order chi connectivity index (χ0) is 16.9. The molecule has 128 valence electrons. The predicted octanol–water partition coefficient (Wildman–Crippen LogP) is 2.80. The summed E-state index contributed by atoms with van der Waals surface area (Å²) in [5.74, 6) is 0.160. The van der Waals surface area contributed by atoms with Crippen LogP contribution in [0.1, 0.15) is 25.3 Å². The Balaban J connectivity index is 1.47. The van der Waals surface area contributed by atoms with Gasteiger partial charge >= 0.3 is 0 Å². The Morgan fingerprint density at radius 2 is 2.12 bits per heavy atom.